The number of ether oxygens (including phenoxy) is 1. The van der Waals surface area contributed by atoms with Gasteiger partial charge in [0, 0.05) is 18.8 Å². The Kier molecular flexibility index (Phi) is 5.58. The Morgan fingerprint density at radius 1 is 1.25 bits per heavy atom. The number of pyridine rings is 1. The Morgan fingerprint density at radius 3 is 2.61 bits per heavy atom. The largest absolute Gasteiger partial charge is 0.439 e. The number of carbonyl (C=O) groups excluding carboxylic acids is 2. The summed E-state index contributed by atoms with van der Waals surface area (Å²) < 4.78 is 5.60. The van der Waals surface area contributed by atoms with E-state index in [0.29, 0.717) is 22.8 Å². The molecule has 0 saturated carbocycles. The van der Waals surface area contributed by atoms with Crippen molar-refractivity contribution < 1.29 is 14.3 Å². The van der Waals surface area contributed by atoms with Gasteiger partial charge in [0.25, 0.3) is 11.8 Å². The quantitative estimate of drug-likeness (QED) is 0.365. The Bertz CT molecular complexity index is 1020. The van der Waals surface area contributed by atoms with Gasteiger partial charge in [-0.1, -0.05) is 6.08 Å². The van der Waals surface area contributed by atoms with Crippen LogP contribution in [-0.2, 0) is 9.59 Å². The van der Waals surface area contributed by atoms with Crippen LogP contribution in [0.2, 0.25) is 0 Å². The molecule has 28 heavy (non-hydrogen) atoms. The second kappa shape index (κ2) is 8.24. The average molecular weight is 390 g/mol. The number of nitriles is 1. The van der Waals surface area contributed by atoms with E-state index in [1.807, 2.05) is 6.07 Å². The summed E-state index contributed by atoms with van der Waals surface area (Å²) in [6.45, 7) is 3.78. The van der Waals surface area contributed by atoms with E-state index in [1.54, 1.807) is 36.4 Å². The van der Waals surface area contributed by atoms with Crippen molar-refractivity contribution in [3.8, 4) is 17.7 Å². The summed E-state index contributed by atoms with van der Waals surface area (Å²) >= 11 is 5.01. The van der Waals surface area contributed by atoms with E-state index < -0.39 is 11.8 Å². The number of benzene rings is 1. The van der Waals surface area contributed by atoms with Crippen LogP contribution in [0.4, 0.5) is 0 Å². The lowest BCUT2D eigenvalue weighted by atomic mass is 10.1. The summed E-state index contributed by atoms with van der Waals surface area (Å²) in [5.74, 6) is -0.187. The molecule has 3 rings (SSSR count). The molecule has 1 aliphatic rings. The maximum absolute atomic E-state index is 12.5. The van der Waals surface area contributed by atoms with Crippen LogP contribution in [0.15, 0.2) is 60.8 Å². The van der Waals surface area contributed by atoms with Gasteiger partial charge in [-0.3, -0.25) is 19.8 Å². The molecule has 0 aliphatic carbocycles. The lowest BCUT2D eigenvalue weighted by molar-refractivity contribution is -0.128. The number of aromatic nitrogens is 1. The first kappa shape index (κ1) is 18.9. The molecule has 0 radical (unpaired) electrons. The number of carbonyl (C=O) groups is 2. The third kappa shape index (κ3) is 4.11. The van der Waals surface area contributed by atoms with Crippen LogP contribution in [-0.4, -0.2) is 33.4 Å². The van der Waals surface area contributed by atoms with Crippen molar-refractivity contribution in [2.75, 3.05) is 6.54 Å². The molecule has 1 fully saturated rings. The van der Waals surface area contributed by atoms with E-state index in [0.717, 1.165) is 0 Å². The molecule has 138 valence electrons. The molecule has 0 spiro atoms. The fraction of sp³-hybridized carbons (Fsp3) is 0.0500. The van der Waals surface area contributed by atoms with Gasteiger partial charge >= 0.3 is 0 Å². The van der Waals surface area contributed by atoms with E-state index in [4.69, 9.17) is 22.2 Å². The van der Waals surface area contributed by atoms with Crippen molar-refractivity contribution in [3.05, 3.63) is 72.0 Å². The standard InChI is InChI=1S/C20H14N4O3S/c1-2-9-24-19(26)16(18(25)23-20(24)28)10-14-5-8-17(22-12-14)27-15-6-3-13(11-21)4-7-15/h2-8,10,12H,1,9H2,(H,23,25,28). The van der Waals surface area contributed by atoms with Crippen molar-refractivity contribution in [2.24, 2.45) is 0 Å². The van der Waals surface area contributed by atoms with Gasteiger partial charge in [-0.25, -0.2) is 4.98 Å². The number of hydrogen-bond acceptors (Lipinski definition) is 6. The van der Waals surface area contributed by atoms with Crippen LogP contribution < -0.4 is 10.1 Å². The molecule has 0 unspecified atom stereocenters. The van der Waals surface area contributed by atoms with Gasteiger partial charge in [0.1, 0.15) is 11.3 Å². The summed E-state index contributed by atoms with van der Waals surface area (Å²) in [7, 11) is 0. The van der Waals surface area contributed by atoms with Crippen molar-refractivity contribution in [2.45, 2.75) is 0 Å². The van der Waals surface area contributed by atoms with Gasteiger partial charge in [0.15, 0.2) is 5.11 Å². The predicted octanol–water partition coefficient (Wildman–Crippen LogP) is 2.56. The summed E-state index contributed by atoms with van der Waals surface area (Å²) in [5, 5.41) is 11.3. The Labute approximate surface area is 166 Å². The molecular weight excluding hydrogens is 376 g/mol. The second-order valence-corrected chi connectivity index (χ2v) is 6.08. The van der Waals surface area contributed by atoms with Crippen LogP contribution in [0.1, 0.15) is 11.1 Å². The molecule has 7 nitrogen and oxygen atoms in total. The molecule has 2 heterocycles. The van der Waals surface area contributed by atoms with Gasteiger partial charge in [-0.05, 0) is 54.2 Å². The summed E-state index contributed by atoms with van der Waals surface area (Å²) in [6, 6.07) is 11.9. The number of thiocarbonyl (C=S) groups is 1. The van der Waals surface area contributed by atoms with Gasteiger partial charge < -0.3 is 4.74 Å². The minimum absolute atomic E-state index is 0.0435. The monoisotopic (exact) mass is 390 g/mol. The van der Waals surface area contributed by atoms with Gasteiger partial charge in [0.05, 0.1) is 11.6 Å². The lowest BCUT2D eigenvalue weighted by Gasteiger charge is -2.27. The van der Waals surface area contributed by atoms with Crippen LogP contribution in [0.3, 0.4) is 0 Å². The molecule has 1 aliphatic heterocycles. The Hall–Kier alpha value is -3.83. The Morgan fingerprint density at radius 2 is 2.00 bits per heavy atom. The van der Waals surface area contributed by atoms with E-state index >= 15 is 0 Å². The van der Waals surface area contributed by atoms with Crippen molar-refractivity contribution in [3.63, 3.8) is 0 Å². The fourth-order valence-corrected chi connectivity index (χ4v) is 2.66. The maximum Gasteiger partial charge on any atom is 0.265 e. The van der Waals surface area contributed by atoms with Crippen LogP contribution in [0.5, 0.6) is 11.6 Å². The number of amides is 2. The van der Waals surface area contributed by atoms with E-state index in [9.17, 15) is 9.59 Å². The van der Waals surface area contributed by atoms with Gasteiger partial charge in [-0.2, -0.15) is 5.26 Å². The topological polar surface area (TPSA) is 95.3 Å². The molecule has 1 aromatic heterocycles. The van der Waals surface area contributed by atoms with Crippen molar-refractivity contribution in [1.29, 1.82) is 5.26 Å². The first-order valence-corrected chi connectivity index (χ1v) is 8.56. The summed E-state index contributed by atoms with van der Waals surface area (Å²) in [6.07, 6.45) is 4.45. The Balaban J connectivity index is 1.77. The minimum atomic E-state index is -0.562. The van der Waals surface area contributed by atoms with Gasteiger partial charge in [0.2, 0.25) is 5.88 Å². The molecule has 1 N–H and O–H groups in total. The zero-order valence-electron chi connectivity index (χ0n) is 14.6. The minimum Gasteiger partial charge on any atom is -0.439 e. The molecular formula is C20H14N4O3S. The third-order valence-corrected chi connectivity index (χ3v) is 4.10. The first-order chi connectivity index (χ1) is 13.5. The fourth-order valence-electron chi connectivity index (χ4n) is 2.41. The SMILES string of the molecule is C=CCN1C(=O)C(=Cc2ccc(Oc3ccc(C#N)cc3)nc2)C(=O)NC1=S. The van der Waals surface area contributed by atoms with Gasteiger partial charge in [-0.15, -0.1) is 6.58 Å². The molecule has 2 aromatic rings. The number of nitrogens with one attached hydrogen (secondary N) is 1. The average Bonchev–Trinajstić information content (AvgIpc) is 2.70. The normalized spacial score (nSPS) is 15.2. The van der Waals surface area contributed by atoms with Crippen LogP contribution >= 0.6 is 12.2 Å². The summed E-state index contributed by atoms with van der Waals surface area (Å²) in [4.78, 5) is 30.0. The molecule has 0 atom stereocenters. The first-order valence-electron chi connectivity index (χ1n) is 8.15. The van der Waals surface area contributed by atoms with Crippen molar-refractivity contribution >= 4 is 35.2 Å². The zero-order chi connectivity index (χ0) is 20.1. The lowest BCUT2D eigenvalue weighted by Crippen LogP contribution is -2.53. The maximum atomic E-state index is 12.5. The van der Waals surface area contributed by atoms with Crippen molar-refractivity contribution in [1.82, 2.24) is 15.2 Å². The molecule has 1 aromatic carbocycles. The van der Waals surface area contributed by atoms with Crippen LogP contribution in [0, 0.1) is 11.3 Å². The highest BCUT2D eigenvalue weighted by atomic mass is 32.1. The molecule has 2 amide bonds. The summed E-state index contributed by atoms with van der Waals surface area (Å²) in [5.41, 5.74) is 1.04. The van der Waals surface area contributed by atoms with E-state index in [2.05, 4.69) is 16.9 Å². The highest BCUT2D eigenvalue weighted by molar-refractivity contribution is 7.80. The number of hydrogen-bond donors (Lipinski definition) is 1. The van der Waals surface area contributed by atoms with E-state index in [1.165, 1.54) is 23.2 Å². The highest BCUT2D eigenvalue weighted by Crippen LogP contribution is 2.21. The van der Waals surface area contributed by atoms with E-state index in [-0.39, 0.29) is 17.2 Å². The molecule has 1 saturated heterocycles. The van der Waals surface area contributed by atoms with Crippen LogP contribution in [0.25, 0.3) is 6.08 Å². The number of rotatable bonds is 5. The zero-order valence-corrected chi connectivity index (χ0v) is 15.4. The molecule has 0 bridgehead atoms. The molecule has 8 heteroatoms. The second-order valence-electron chi connectivity index (χ2n) is 5.69. The number of nitrogens with zero attached hydrogens (tertiary/aromatic N) is 3. The predicted molar refractivity (Wildman–Crippen MR) is 106 cm³/mol. The third-order valence-electron chi connectivity index (χ3n) is 3.77. The smallest absolute Gasteiger partial charge is 0.265 e. The highest BCUT2D eigenvalue weighted by Gasteiger charge is 2.32.